The minimum absolute atomic E-state index is 0.353. The summed E-state index contributed by atoms with van der Waals surface area (Å²) < 4.78 is 9.13. The summed E-state index contributed by atoms with van der Waals surface area (Å²) in [7, 11) is 3.03. The van der Waals surface area contributed by atoms with Crippen LogP contribution < -0.4 is 10.6 Å². The highest BCUT2D eigenvalue weighted by Crippen LogP contribution is 1.64. The molecule has 0 saturated carbocycles. The molecule has 0 aliphatic heterocycles. The molecule has 0 fully saturated rings. The predicted octanol–water partition coefficient (Wildman–Crippen LogP) is 0.397. The molecule has 0 rings (SSSR count). The Hall–Kier alpha value is -1.94. The maximum Gasteiger partial charge on any atom is 0.404 e. The zero-order chi connectivity index (χ0) is 14.8. The van der Waals surface area contributed by atoms with Crippen LogP contribution in [0.5, 0.6) is 0 Å². The van der Waals surface area contributed by atoms with Crippen molar-refractivity contribution in [1.29, 1.82) is 11.1 Å². The molecule has 0 aromatic carbocycles. The summed E-state index contributed by atoms with van der Waals surface area (Å²) >= 11 is 0. The average molecular weight is 268 g/mol. The summed E-state index contributed by atoms with van der Waals surface area (Å²) in [6.07, 6.45) is -2.02. The fraction of sp³-hybridized carbons (Fsp3) is 0.750. The molecule has 0 radical (unpaired) electrons. The Morgan fingerprint density at radius 1 is 0.944 bits per heavy atom. The molecule has 0 bridgehead atoms. The molecule has 0 unspecified atom stereocenters. The van der Waals surface area contributed by atoms with E-state index >= 15 is 0 Å². The molecule has 0 atom stereocenters. The molecule has 10 heteroatoms. The van der Waals surface area contributed by atoms with E-state index in [9.17, 15) is 9.59 Å². The van der Waals surface area contributed by atoms with Gasteiger partial charge in [0.2, 0.25) is 0 Å². The Kier molecular flexibility index (Phi) is 24.3. The first-order valence-corrected chi connectivity index (χ1v) is 4.71. The number of carbonyl (C=O) groups is 2. The second kappa shape index (κ2) is 20.5. The van der Waals surface area contributed by atoms with E-state index in [4.69, 9.17) is 21.3 Å². The van der Waals surface area contributed by atoms with Gasteiger partial charge in [-0.25, -0.2) is 20.7 Å². The standard InChI is InChI=1S/2C4H9NO3.H2N2/c2*1-8-3-2-5-4(6)7;1-2/h2*5H,2-3H2,1H3,(H,6,7);1-2H. The van der Waals surface area contributed by atoms with Crippen LogP contribution in [0.2, 0.25) is 0 Å². The number of ether oxygens (including phenoxy) is 2. The zero-order valence-electron chi connectivity index (χ0n) is 10.4. The van der Waals surface area contributed by atoms with Crippen LogP contribution in [0.1, 0.15) is 0 Å². The number of hydrogen-bond acceptors (Lipinski definition) is 6. The Morgan fingerprint density at radius 2 is 1.22 bits per heavy atom. The van der Waals surface area contributed by atoms with E-state index in [1.807, 2.05) is 0 Å². The van der Waals surface area contributed by atoms with Crippen molar-refractivity contribution in [3.63, 3.8) is 0 Å². The van der Waals surface area contributed by atoms with E-state index in [1.165, 1.54) is 14.2 Å². The Bertz CT molecular complexity index is 184. The minimum atomic E-state index is -1.01. The van der Waals surface area contributed by atoms with Crippen molar-refractivity contribution in [3.05, 3.63) is 0 Å². The average Bonchev–Trinajstić information content (AvgIpc) is 2.32. The summed E-state index contributed by atoms with van der Waals surface area (Å²) in [6.45, 7) is 1.55. The molecule has 0 aromatic rings. The number of hydrogen-bond donors (Lipinski definition) is 6. The monoisotopic (exact) mass is 268 g/mol. The highest BCUT2D eigenvalue weighted by atomic mass is 16.5. The van der Waals surface area contributed by atoms with Crippen molar-refractivity contribution in [2.24, 2.45) is 0 Å². The van der Waals surface area contributed by atoms with E-state index in [2.05, 4.69) is 20.1 Å². The Labute approximate surface area is 105 Å². The molecule has 10 nitrogen and oxygen atoms in total. The van der Waals surface area contributed by atoms with Gasteiger partial charge in [0, 0.05) is 27.3 Å². The molecular formula is C8H20N4O6. The largest absolute Gasteiger partial charge is 0.465 e. The third-order valence-corrected chi connectivity index (χ3v) is 1.16. The van der Waals surface area contributed by atoms with Crippen LogP contribution in [0.3, 0.4) is 0 Å². The van der Waals surface area contributed by atoms with E-state index in [0.29, 0.717) is 26.3 Å². The lowest BCUT2D eigenvalue weighted by atomic mass is 10.7. The van der Waals surface area contributed by atoms with Crippen molar-refractivity contribution < 1.29 is 29.3 Å². The predicted molar refractivity (Wildman–Crippen MR) is 61.2 cm³/mol. The van der Waals surface area contributed by atoms with Gasteiger partial charge in [-0.05, 0) is 0 Å². The van der Waals surface area contributed by atoms with E-state index in [-0.39, 0.29) is 0 Å². The van der Waals surface area contributed by atoms with Crippen molar-refractivity contribution in [3.8, 4) is 0 Å². The molecule has 0 heterocycles. The molecule has 18 heavy (non-hydrogen) atoms. The van der Waals surface area contributed by atoms with Crippen molar-refractivity contribution in [1.82, 2.24) is 10.6 Å². The van der Waals surface area contributed by atoms with Gasteiger partial charge in [0.05, 0.1) is 13.2 Å². The van der Waals surface area contributed by atoms with E-state index < -0.39 is 12.2 Å². The second-order valence-electron chi connectivity index (χ2n) is 2.45. The van der Waals surface area contributed by atoms with Crippen LogP contribution in [0.25, 0.3) is 0 Å². The van der Waals surface area contributed by atoms with Gasteiger partial charge in [-0.1, -0.05) is 0 Å². The number of methoxy groups -OCH3 is 2. The lowest BCUT2D eigenvalue weighted by Gasteiger charge is -1.96. The van der Waals surface area contributed by atoms with Crippen LogP contribution >= 0.6 is 0 Å². The van der Waals surface area contributed by atoms with Crippen molar-refractivity contribution in [2.45, 2.75) is 0 Å². The van der Waals surface area contributed by atoms with Crippen LogP contribution in [0.4, 0.5) is 9.59 Å². The molecule has 0 aliphatic carbocycles. The third-order valence-electron chi connectivity index (χ3n) is 1.16. The van der Waals surface area contributed by atoms with Crippen molar-refractivity contribution in [2.75, 3.05) is 40.5 Å². The maximum absolute atomic E-state index is 9.71. The van der Waals surface area contributed by atoms with Gasteiger partial charge < -0.3 is 30.3 Å². The first-order chi connectivity index (χ1) is 8.54. The topological polar surface area (TPSA) is 165 Å². The molecule has 0 spiro atoms. The van der Waals surface area contributed by atoms with Gasteiger partial charge in [-0.3, -0.25) is 0 Å². The SMILES string of the molecule is COCCNC(=O)O.COCCNC(=O)O.N=N. The van der Waals surface area contributed by atoms with E-state index in [1.54, 1.807) is 0 Å². The fourth-order valence-corrected chi connectivity index (χ4v) is 0.520. The lowest BCUT2D eigenvalue weighted by molar-refractivity contribution is 0.176. The van der Waals surface area contributed by atoms with Gasteiger partial charge >= 0.3 is 12.2 Å². The number of nitrogens with one attached hydrogen (secondary N) is 4. The number of rotatable bonds is 6. The molecule has 2 amide bonds. The summed E-state index contributed by atoms with van der Waals surface area (Å²) in [5.41, 5.74) is 10.0. The van der Waals surface area contributed by atoms with Crippen LogP contribution in [0, 0.1) is 11.1 Å². The smallest absolute Gasteiger partial charge is 0.404 e. The van der Waals surface area contributed by atoms with Crippen molar-refractivity contribution >= 4 is 12.2 Å². The zero-order valence-corrected chi connectivity index (χ0v) is 10.4. The maximum atomic E-state index is 9.71. The van der Waals surface area contributed by atoms with Gasteiger partial charge in [0.1, 0.15) is 0 Å². The van der Waals surface area contributed by atoms with Gasteiger partial charge in [-0.2, -0.15) is 0 Å². The molecule has 0 aromatic heterocycles. The summed E-state index contributed by atoms with van der Waals surface area (Å²) in [6, 6.07) is 0. The normalized spacial score (nSPS) is 7.89. The van der Waals surface area contributed by atoms with Gasteiger partial charge in [0.15, 0.2) is 0 Å². The van der Waals surface area contributed by atoms with Crippen LogP contribution in [-0.4, -0.2) is 62.9 Å². The molecule has 0 aliphatic rings. The summed E-state index contributed by atoms with van der Waals surface area (Å²) in [4.78, 5) is 19.4. The highest BCUT2D eigenvalue weighted by Gasteiger charge is 1.89. The molecule has 108 valence electrons. The van der Waals surface area contributed by atoms with Gasteiger partial charge in [0.25, 0.3) is 0 Å². The molecular weight excluding hydrogens is 248 g/mol. The Balaban J connectivity index is -0.000000219. The number of carboxylic acid groups (broad SMARTS) is 2. The quantitative estimate of drug-likeness (QED) is 0.301. The Morgan fingerprint density at radius 3 is 1.39 bits per heavy atom. The number of amides is 2. The molecule has 6 N–H and O–H groups in total. The second-order valence-corrected chi connectivity index (χ2v) is 2.45. The summed E-state index contributed by atoms with van der Waals surface area (Å²) in [5, 5.41) is 20.2. The molecule has 0 saturated heterocycles. The van der Waals surface area contributed by atoms with Crippen LogP contribution in [-0.2, 0) is 9.47 Å². The lowest BCUT2D eigenvalue weighted by Crippen LogP contribution is -2.24. The van der Waals surface area contributed by atoms with Gasteiger partial charge in [-0.15, -0.1) is 0 Å². The fourth-order valence-electron chi connectivity index (χ4n) is 0.520. The van der Waals surface area contributed by atoms with E-state index in [0.717, 1.165) is 0 Å². The highest BCUT2D eigenvalue weighted by molar-refractivity contribution is 5.64. The summed E-state index contributed by atoms with van der Waals surface area (Å²) in [5.74, 6) is 0. The first kappa shape index (κ1) is 21.4. The minimum Gasteiger partial charge on any atom is -0.465 e. The third kappa shape index (κ3) is 36.9. The first-order valence-electron chi connectivity index (χ1n) is 4.71. The van der Waals surface area contributed by atoms with Crippen LogP contribution in [0.15, 0.2) is 0 Å².